The summed E-state index contributed by atoms with van der Waals surface area (Å²) in [6, 6.07) is 5.79. The second-order valence-corrected chi connectivity index (χ2v) is 7.36. The minimum Gasteiger partial charge on any atom is -0.465 e. The van der Waals surface area contributed by atoms with Gasteiger partial charge in [0, 0.05) is 13.1 Å². The van der Waals surface area contributed by atoms with Crippen LogP contribution in [0.15, 0.2) is 29.2 Å². The number of sulfonamides is 1. The van der Waals surface area contributed by atoms with Crippen molar-refractivity contribution in [2.75, 3.05) is 20.2 Å². The fraction of sp³-hybridized carbons (Fsp3) is 0.500. The van der Waals surface area contributed by atoms with Crippen LogP contribution >= 0.6 is 0 Å². The van der Waals surface area contributed by atoms with Crippen molar-refractivity contribution in [3.05, 3.63) is 29.8 Å². The first-order valence-electron chi connectivity index (χ1n) is 6.67. The van der Waals surface area contributed by atoms with E-state index in [0.717, 1.165) is 0 Å². The number of esters is 1. The smallest absolute Gasteiger partial charge is 0.337 e. The number of nitrogens with zero attached hydrogens (tertiary/aromatic N) is 1. The average Bonchev–Trinajstić information content (AvgIpc) is 2.46. The van der Waals surface area contributed by atoms with E-state index in [1.807, 2.05) is 0 Å². The van der Waals surface area contributed by atoms with Gasteiger partial charge in [0.25, 0.3) is 0 Å². The van der Waals surface area contributed by atoms with Crippen molar-refractivity contribution < 1.29 is 23.1 Å². The summed E-state index contributed by atoms with van der Waals surface area (Å²) >= 11 is 0. The molecule has 0 spiro atoms. The summed E-state index contributed by atoms with van der Waals surface area (Å²) in [5, 5.41) is 9.89. The summed E-state index contributed by atoms with van der Waals surface area (Å²) in [5.74, 6) is -0.575. The lowest BCUT2D eigenvalue weighted by atomic mass is 9.95. The number of benzene rings is 1. The van der Waals surface area contributed by atoms with E-state index >= 15 is 0 Å². The van der Waals surface area contributed by atoms with Gasteiger partial charge in [-0.3, -0.25) is 0 Å². The fourth-order valence-corrected chi connectivity index (χ4v) is 3.75. The molecule has 0 bridgehead atoms. The molecule has 0 unspecified atom stereocenters. The molecule has 2 rings (SSSR count). The number of piperidine rings is 1. The average molecular weight is 313 g/mol. The van der Waals surface area contributed by atoms with Crippen LogP contribution in [0.2, 0.25) is 0 Å². The van der Waals surface area contributed by atoms with Crippen molar-refractivity contribution in [1.82, 2.24) is 4.31 Å². The second-order valence-electron chi connectivity index (χ2n) is 5.42. The number of methoxy groups -OCH3 is 1. The Balaban J connectivity index is 2.26. The highest BCUT2D eigenvalue weighted by Crippen LogP contribution is 2.26. The summed E-state index contributed by atoms with van der Waals surface area (Å²) in [6.07, 6.45) is 0.784. The third-order valence-electron chi connectivity index (χ3n) is 3.69. The van der Waals surface area contributed by atoms with Gasteiger partial charge in [-0.2, -0.15) is 4.31 Å². The van der Waals surface area contributed by atoms with E-state index < -0.39 is 21.6 Å². The molecule has 7 heteroatoms. The molecule has 0 aromatic heterocycles. The first-order chi connectivity index (χ1) is 9.76. The Hall–Kier alpha value is -1.44. The van der Waals surface area contributed by atoms with Crippen LogP contribution in [0.3, 0.4) is 0 Å². The van der Waals surface area contributed by atoms with E-state index in [2.05, 4.69) is 4.74 Å². The largest absolute Gasteiger partial charge is 0.465 e. The predicted molar refractivity (Wildman–Crippen MR) is 76.4 cm³/mol. The minimum absolute atomic E-state index is 0.0620. The third-order valence-corrected chi connectivity index (χ3v) is 5.59. The summed E-state index contributed by atoms with van der Waals surface area (Å²) in [5.41, 5.74) is -0.623. The lowest BCUT2D eigenvalue weighted by Gasteiger charge is -2.34. The molecule has 21 heavy (non-hydrogen) atoms. The van der Waals surface area contributed by atoms with Crippen LogP contribution in [0.1, 0.15) is 30.1 Å². The van der Waals surface area contributed by atoms with Gasteiger partial charge in [0.1, 0.15) is 0 Å². The Bertz CT molecular complexity index is 629. The summed E-state index contributed by atoms with van der Waals surface area (Å²) in [4.78, 5) is 11.6. The molecule has 0 amide bonds. The summed E-state index contributed by atoms with van der Waals surface area (Å²) in [7, 11) is -2.42. The molecule has 6 nitrogen and oxygen atoms in total. The second kappa shape index (κ2) is 5.75. The number of carbonyl (C=O) groups excluding carboxylic acids is 1. The van der Waals surface area contributed by atoms with Gasteiger partial charge in [0.15, 0.2) is 0 Å². The van der Waals surface area contributed by atoms with Crippen LogP contribution in [0.5, 0.6) is 0 Å². The molecule has 1 aliphatic heterocycles. The molecule has 1 heterocycles. The van der Waals surface area contributed by atoms with Gasteiger partial charge in [0.2, 0.25) is 10.0 Å². The van der Waals surface area contributed by atoms with E-state index in [4.69, 9.17) is 0 Å². The first-order valence-corrected chi connectivity index (χ1v) is 8.11. The van der Waals surface area contributed by atoms with E-state index in [9.17, 15) is 18.3 Å². The molecule has 1 saturated heterocycles. The molecule has 0 saturated carbocycles. The molecule has 0 radical (unpaired) electrons. The van der Waals surface area contributed by atoms with Crippen LogP contribution < -0.4 is 0 Å². The Morgan fingerprint density at radius 3 is 2.52 bits per heavy atom. The summed E-state index contributed by atoms with van der Waals surface area (Å²) in [6.45, 7) is 2.23. The predicted octanol–water partition coefficient (Wildman–Crippen LogP) is 1.01. The zero-order valence-corrected chi connectivity index (χ0v) is 12.9. The van der Waals surface area contributed by atoms with Crippen molar-refractivity contribution in [2.24, 2.45) is 0 Å². The van der Waals surface area contributed by atoms with Gasteiger partial charge in [-0.15, -0.1) is 0 Å². The lowest BCUT2D eigenvalue weighted by Crippen LogP contribution is -2.45. The van der Waals surface area contributed by atoms with Crippen molar-refractivity contribution >= 4 is 16.0 Å². The maximum absolute atomic E-state index is 12.6. The van der Waals surface area contributed by atoms with Crippen LogP contribution in [-0.4, -0.2) is 49.6 Å². The molecule has 116 valence electrons. The highest BCUT2D eigenvalue weighted by atomic mass is 32.2. The number of hydrogen-bond acceptors (Lipinski definition) is 5. The van der Waals surface area contributed by atoms with Crippen molar-refractivity contribution in [1.29, 1.82) is 0 Å². The van der Waals surface area contributed by atoms with Gasteiger partial charge in [-0.25, -0.2) is 13.2 Å². The van der Waals surface area contributed by atoms with E-state index in [0.29, 0.717) is 12.8 Å². The molecule has 0 aliphatic carbocycles. The maximum Gasteiger partial charge on any atom is 0.337 e. The number of aliphatic hydroxyl groups is 1. The maximum atomic E-state index is 12.6. The third kappa shape index (κ3) is 3.42. The van der Waals surface area contributed by atoms with Crippen LogP contribution in [0, 0.1) is 0 Å². The van der Waals surface area contributed by atoms with Crippen LogP contribution in [0.4, 0.5) is 0 Å². The monoisotopic (exact) mass is 313 g/mol. The number of ether oxygens (including phenoxy) is 1. The van der Waals surface area contributed by atoms with Gasteiger partial charge >= 0.3 is 5.97 Å². The topological polar surface area (TPSA) is 83.9 Å². The van der Waals surface area contributed by atoms with E-state index in [-0.39, 0.29) is 23.5 Å². The van der Waals surface area contributed by atoms with Crippen molar-refractivity contribution in [3.63, 3.8) is 0 Å². The summed E-state index contributed by atoms with van der Waals surface area (Å²) < 4.78 is 31.0. The van der Waals surface area contributed by atoms with Gasteiger partial charge in [-0.05, 0) is 38.0 Å². The zero-order chi connectivity index (χ0) is 15.7. The molecule has 1 aromatic carbocycles. The molecular weight excluding hydrogens is 294 g/mol. The quantitative estimate of drug-likeness (QED) is 0.842. The number of rotatable bonds is 3. The van der Waals surface area contributed by atoms with Crippen LogP contribution in [0.25, 0.3) is 0 Å². The Morgan fingerprint density at radius 1 is 1.33 bits per heavy atom. The van der Waals surface area contributed by atoms with E-state index in [1.165, 1.54) is 35.7 Å². The number of carbonyl (C=O) groups is 1. The highest BCUT2D eigenvalue weighted by Gasteiger charge is 2.34. The normalized spacial score (nSPS) is 19.2. The molecule has 1 aliphatic rings. The SMILES string of the molecule is COC(=O)c1cccc(S(=O)(=O)N2CCC(C)(O)CC2)c1. The Labute approximate surface area is 124 Å². The minimum atomic E-state index is -3.66. The lowest BCUT2D eigenvalue weighted by molar-refractivity contribution is 0.0126. The molecule has 0 atom stereocenters. The Morgan fingerprint density at radius 2 is 1.95 bits per heavy atom. The molecule has 1 N–H and O–H groups in total. The van der Waals surface area contributed by atoms with Gasteiger partial charge in [0.05, 0.1) is 23.2 Å². The highest BCUT2D eigenvalue weighted by molar-refractivity contribution is 7.89. The Kier molecular flexibility index (Phi) is 4.36. The van der Waals surface area contributed by atoms with Crippen molar-refractivity contribution in [2.45, 2.75) is 30.3 Å². The zero-order valence-electron chi connectivity index (χ0n) is 12.1. The van der Waals surface area contributed by atoms with Crippen molar-refractivity contribution in [3.8, 4) is 0 Å². The number of hydrogen-bond donors (Lipinski definition) is 1. The first kappa shape index (κ1) is 15.9. The van der Waals surface area contributed by atoms with Gasteiger partial charge < -0.3 is 9.84 Å². The molecule has 1 fully saturated rings. The van der Waals surface area contributed by atoms with Crippen LogP contribution in [-0.2, 0) is 14.8 Å². The van der Waals surface area contributed by atoms with Gasteiger partial charge in [-0.1, -0.05) is 6.07 Å². The molecule has 1 aromatic rings. The van der Waals surface area contributed by atoms with E-state index in [1.54, 1.807) is 6.92 Å². The molecular formula is C14H19NO5S. The standard InChI is InChI=1S/C14H19NO5S/c1-14(17)6-8-15(9-7-14)21(18,19)12-5-3-4-11(10-12)13(16)20-2/h3-5,10,17H,6-9H2,1-2H3. The fourth-order valence-electron chi connectivity index (χ4n) is 2.26.